The maximum atomic E-state index is 8.42. The predicted octanol–water partition coefficient (Wildman–Crippen LogP) is -10.1. The molecule has 14 N–H and O–H groups in total. The molecule has 0 amide bonds. The predicted molar refractivity (Wildman–Crippen MR) is 36.8 cm³/mol. The Kier molecular flexibility index (Phi) is 1420. The molecule has 0 unspecified atom stereocenters. The van der Waals surface area contributed by atoms with Crippen LogP contribution in [-0.2, 0) is 0 Å². The van der Waals surface area contributed by atoms with Crippen LogP contribution < -0.4 is 15.1 Å². The van der Waals surface area contributed by atoms with E-state index in [9.17, 15) is 0 Å². The van der Waals surface area contributed by atoms with Crippen LogP contribution in [0.5, 0.6) is 0 Å². The van der Waals surface area contributed by atoms with Crippen molar-refractivity contribution in [1.29, 1.82) is 0 Å². The zero-order valence-electron chi connectivity index (χ0n) is 5.88. The van der Waals surface area contributed by atoms with Crippen molar-refractivity contribution in [1.82, 2.24) is 0 Å². The van der Waals surface area contributed by atoms with Crippen LogP contribution >= 0.6 is 0 Å². The molecular formula is H14AlBO10. The molecule has 0 bridgehead atoms. The van der Waals surface area contributed by atoms with Gasteiger partial charge in [-0.2, -0.15) is 0 Å². The topological polar surface area (TPSA) is 290 Å². The van der Waals surface area contributed by atoms with Crippen LogP contribution in [0.2, 0.25) is 0 Å². The Hall–Kier alpha value is 0.197. The molecule has 0 heterocycles. The maximum absolute atomic E-state index is 8.42. The van der Waals surface area contributed by atoms with Gasteiger partial charge in [0, 0.05) is 0 Å². The van der Waals surface area contributed by atoms with E-state index in [0.29, 0.717) is 0 Å². The molecule has 0 saturated carbocycles. The summed E-state index contributed by atoms with van der Waals surface area (Å²) in [5.41, 5.74) is 0. The van der Waals surface area contributed by atoms with Crippen LogP contribution in [-0.4, -0.2) is 63.0 Å². The third-order valence-corrected chi connectivity index (χ3v) is 0. The summed E-state index contributed by atoms with van der Waals surface area (Å²) in [5.74, 6) is 0. The van der Waals surface area contributed by atoms with Gasteiger partial charge < -0.3 is 53.4 Å². The van der Waals surface area contributed by atoms with Gasteiger partial charge in [-0.1, -0.05) is 0 Å². The minimum Gasteiger partial charge on any atom is -0.907 e. The molecule has 0 fully saturated rings. The zero-order valence-corrected chi connectivity index (χ0v) is 7.03. The Bertz CT molecular complexity index is 14.6. The SMILES string of the molecule is O.O.O.O.O.O.O.[Al+3].[O-]B([O-])[O-]. The normalized spacial score (nSPS) is 2.25. The van der Waals surface area contributed by atoms with Gasteiger partial charge in [-0.15, -0.1) is 0 Å². The summed E-state index contributed by atoms with van der Waals surface area (Å²) in [4.78, 5) is 0. The first-order chi connectivity index (χ1) is 1.73. The number of rotatable bonds is 0. The van der Waals surface area contributed by atoms with E-state index in [1.807, 2.05) is 0 Å². The molecule has 12 heteroatoms. The fourth-order valence-corrected chi connectivity index (χ4v) is 0. The molecule has 0 spiro atoms. The van der Waals surface area contributed by atoms with Crippen LogP contribution in [0.4, 0.5) is 0 Å². The van der Waals surface area contributed by atoms with E-state index in [0.717, 1.165) is 0 Å². The largest absolute Gasteiger partial charge is 3.00 e. The van der Waals surface area contributed by atoms with Crippen molar-refractivity contribution in [2.75, 3.05) is 0 Å². The van der Waals surface area contributed by atoms with E-state index in [2.05, 4.69) is 0 Å². The summed E-state index contributed by atoms with van der Waals surface area (Å²) in [6, 6.07) is 0. The fraction of sp³-hybridized carbons (Fsp3) is 0. The van der Waals surface area contributed by atoms with Gasteiger partial charge in [-0.25, -0.2) is 0 Å². The Morgan fingerprint density at radius 3 is 0.500 bits per heavy atom. The molecule has 0 atom stereocenters. The van der Waals surface area contributed by atoms with E-state index in [-0.39, 0.29) is 55.7 Å². The first kappa shape index (κ1) is 150. The smallest absolute Gasteiger partial charge is 0.907 e. The molecule has 0 aromatic heterocycles. The Morgan fingerprint density at radius 2 is 0.500 bits per heavy atom. The van der Waals surface area contributed by atoms with Gasteiger partial charge in [-0.05, 0) is 0 Å². The molecule has 0 saturated heterocycles. The van der Waals surface area contributed by atoms with Gasteiger partial charge in [0.25, 0.3) is 0 Å². The molecule has 0 aliphatic heterocycles. The molecule has 0 aromatic rings. The van der Waals surface area contributed by atoms with Gasteiger partial charge in [0.2, 0.25) is 0 Å². The van der Waals surface area contributed by atoms with Crippen LogP contribution in [0.3, 0.4) is 0 Å². The molecule has 0 aliphatic carbocycles. The first-order valence-electron chi connectivity index (χ1n) is 0.707. The van der Waals surface area contributed by atoms with Crippen LogP contribution in [0, 0.1) is 0 Å². The maximum Gasteiger partial charge on any atom is 3.00 e. The Labute approximate surface area is 78.9 Å². The van der Waals surface area contributed by atoms with Gasteiger partial charge in [-0.3, -0.25) is 7.32 Å². The van der Waals surface area contributed by atoms with E-state index >= 15 is 0 Å². The third kappa shape index (κ3) is 22100. The Balaban J connectivity index is -0.00000000161. The molecule has 0 rings (SSSR count). The monoisotopic (exact) mass is 212 g/mol. The minimum atomic E-state index is -2.92. The third-order valence-electron chi connectivity index (χ3n) is 0. The summed E-state index contributed by atoms with van der Waals surface area (Å²) in [6.45, 7) is 0. The van der Waals surface area contributed by atoms with Gasteiger partial charge in [0.05, 0.1) is 0 Å². The Morgan fingerprint density at radius 1 is 0.500 bits per heavy atom. The molecule has 12 heavy (non-hydrogen) atoms. The summed E-state index contributed by atoms with van der Waals surface area (Å²) >= 11 is 0. The van der Waals surface area contributed by atoms with Crippen molar-refractivity contribution in [3.05, 3.63) is 0 Å². The van der Waals surface area contributed by atoms with Gasteiger partial charge in [0.15, 0.2) is 0 Å². The van der Waals surface area contributed by atoms with Crippen molar-refractivity contribution in [3.63, 3.8) is 0 Å². The summed E-state index contributed by atoms with van der Waals surface area (Å²) < 4.78 is 0. The first-order valence-corrected chi connectivity index (χ1v) is 0.707. The molecule has 80 valence electrons. The van der Waals surface area contributed by atoms with Gasteiger partial charge in [0.1, 0.15) is 0 Å². The average molecular weight is 212 g/mol. The van der Waals surface area contributed by atoms with E-state index in [1.54, 1.807) is 0 Å². The molecule has 0 aliphatic rings. The summed E-state index contributed by atoms with van der Waals surface area (Å²) in [6.07, 6.45) is 0. The van der Waals surface area contributed by atoms with Crippen molar-refractivity contribution < 1.29 is 53.4 Å². The van der Waals surface area contributed by atoms with E-state index < -0.39 is 7.32 Å². The summed E-state index contributed by atoms with van der Waals surface area (Å²) in [7, 11) is -2.92. The van der Waals surface area contributed by atoms with Crippen LogP contribution in [0.15, 0.2) is 0 Å². The number of hydrogen-bond acceptors (Lipinski definition) is 3. The van der Waals surface area contributed by atoms with Crippen molar-refractivity contribution in [2.24, 2.45) is 0 Å². The second kappa shape index (κ2) is 114. The van der Waals surface area contributed by atoms with Crippen molar-refractivity contribution in [3.8, 4) is 0 Å². The van der Waals surface area contributed by atoms with Crippen LogP contribution in [0.25, 0.3) is 0 Å². The van der Waals surface area contributed by atoms with Crippen molar-refractivity contribution in [2.45, 2.75) is 0 Å². The minimum absolute atomic E-state index is 0. The summed E-state index contributed by atoms with van der Waals surface area (Å²) in [5, 5.41) is 25.2. The molecular weight excluding hydrogens is 198 g/mol. The number of hydrogen-bond donors (Lipinski definition) is 0. The molecule has 10 nitrogen and oxygen atoms in total. The van der Waals surface area contributed by atoms with Crippen LogP contribution in [0.1, 0.15) is 0 Å². The standard InChI is InChI=1S/Al.BO3.7H2O/c;2-1(3)4;;;;;;;/h;;7*1H2/q+3;-3;;;;;;;. The molecule has 0 radical (unpaired) electrons. The second-order valence-corrected chi connectivity index (χ2v) is 0.289. The quantitative estimate of drug-likeness (QED) is 0.353. The average Bonchev–Trinajstić information content (AvgIpc) is 0.811. The fourth-order valence-electron chi connectivity index (χ4n) is 0. The molecule has 0 aromatic carbocycles. The van der Waals surface area contributed by atoms with E-state index in [4.69, 9.17) is 15.1 Å². The zero-order chi connectivity index (χ0) is 3.58. The second-order valence-electron chi connectivity index (χ2n) is 0.289. The van der Waals surface area contributed by atoms with Gasteiger partial charge >= 0.3 is 17.4 Å². The van der Waals surface area contributed by atoms with E-state index in [1.165, 1.54) is 0 Å². The van der Waals surface area contributed by atoms with Crippen molar-refractivity contribution >= 4 is 24.7 Å².